The van der Waals surface area contributed by atoms with E-state index in [2.05, 4.69) is 5.32 Å². The quantitative estimate of drug-likeness (QED) is 0.471. The topological polar surface area (TPSA) is 80.4 Å². The van der Waals surface area contributed by atoms with Gasteiger partial charge in [0.25, 0.3) is 5.56 Å². The lowest BCUT2D eigenvalue weighted by Gasteiger charge is -2.21. The SMILES string of the molecule is CC.CC1=CC=C(Nc2c([N+](=O)[O-])c3n(c(=O)c2C)CCN3Cc2ccccc2)C(F)=CC1. The van der Waals surface area contributed by atoms with E-state index < -0.39 is 10.8 Å². The Balaban J connectivity index is 0.00000149. The first-order valence-corrected chi connectivity index (χ1v) is 11.1. The van der Waals surface area contributed by atoms with Gasteiger partial charge in [0.1, 0.15) is 11.5 Å². The monoisotopic (exact) mass is 452 g/mol. The second-order valence-corrected chi connectivity index (χ2v) is 7.77. The highest BCUT2D eigenvalue weighted by Gasteiger charge is 2.35. The Kier molecular flexibility index (Phi) is 7.48. The van der Waals surface area contributed by atoms with E-state index in [0.717, 1.165) is 11.1 Å². The number of benzene rings is 1. The van der Waals surface area contributed by atoms with Gasteiger partial charge in [0.15, 0.2) is 5.82 Å². The van der Waals surface area contributed by atoms with Crippen LogP contribution in [0.3, 0.4) is 0 Å². The van der Waals surface area contributed by atoms with E-state index >= 15 is 0 Å². The smallest absolute Gasteiger partial charge is 0.333 e. The highest BCUT2D eigenvalue weighted by Crippen LogP contribution is 2.40. The number of allylic oxidation sites excluding steroid dienone is 5. The third-order valence-electron chi connectivity index (χ3n) is 5.59. The van der Waals surface area contributed by atoms with Crippen LogP contribution in [-0.4, -0.2) is 16.0 Å². The molecule has 174 valence electrons. The highest BCUT2D eigenvalue weighted by molar-refractivity contribution is 5.79. The minimum atomic E-state index is -0.511. The Morgan fingerprint density at radius 2 is 1.82 bits per heavy atom. The number of pyridine rings is 1. The summed E-state index contributed by atoms with van der Waals surface area (Å²) >= 11 is 0. The van der Waals surface area contributed by atoms with Crippen molar-refractivity contribution >= 4 is 17.2 Å². The van der Waals surface area contributed by atoms with Crippen LogP contribution in [0.15, 0.2) is 70.5 Å². The first-order chi connectivity index (χ1) is 15.9. The van der Waals surface area contributed by atoms with Crippen molar-refractivity contribution in [3.63, 3.8) is 0 Å². The van der Waals surface area contributed by atoms with Gasteiger partial charge in [0.05, 0.1) is 10.6 Å². The average molecular weight is 453 g/mol. The number of nitrogens with zero attached hydrogens (tertiary/aromatic N) is 3. The van der Waals surface area contributed by atoms with Crippen LogP contribution < -0.4 is 15.8 Å². The Morgan fingerprint density at radius 3 is 2.48 bits per heavy atom. The van der Waals surface area contributed by atoms with E-state index in [1.807, 2.05) is 56.0 Å². The van der Waals surface area contributed by atoms with Crippen molar-refractivity contribution in [2.45, 2.75) is 47.2 Å². The summed E-state index contributed by atoms with van der Waals surface area (Å²) in [5.41, 5.74) is 1.72. The molecule has 1 aliphatic carbocycles. The summed E-state index contributed by atoms with van der Waals surface area (Å²) in [6, 6.07) is 9.57. The van der Waals surface area contributed by atoms with Crippen LogP contribution in [0, 0.1) is 17.0 Å². The summed E-state index contributed by atoms with van der Waals surface area (Å²) in [5, 5.41) is 15.0. The van der Waals surface area contributed by atoms with Gasteiger partial charge in [0, 0.05) is 25.2 Å². The fourth-order valence-electron chi connectivity index (χ4n) is 3.93. The van der Waals surface area contributed by atoms with Crippen LogP contribution >= 0.6 is 0 Å². The zero-order valence-corrected chi connectivity index (χ0v) is 19.4. The minimum Gasteiger partial charge on any atom is -0.347 e. The molecule has 0 unspecified atom stereocenters. The molecule has 0 atom stereocenters. The predicted octanol–water partition coefficient (Wildman–Crippen LogP) is 5.61. The largest absolute Gasteiger partial charge is 0.347 e. The normalized spacial score (nSPS) is 14.8. The fraction of sp³-hybridized carbons (Fsp3) is 0.320. The lowest BCUT2D eigenvalue weighted by molar-refractivity contribution is -0.383. The molecule has 0 radical (unpaired) electrons. The lowest BCUT2D eigenvalue weighted by Crippen LogP contribution is -2.25. The van der Waals surface area contributed by atoms with Gasteiger partial charge >= 0.3 is 5.69 Å². The van der Waals surface area contributed by atoms with E-state index in [1.165, 1.54) is 17.6 Å². The third-order valence-corrected chi connectivity index (χ3v) is 5.59. The molecule has 0 bridgehead atoms. The van der Waals surface area contributed by atoms with Crippen molar-refractivity contribution < 1.29 is 9.31 Å². The van der Waals surface area contributed by atoms with Crippen LogP contribution in [0.1, 0.15) is 38.3 Å². The van der Waals surface area contributed by atoms with Crippen molar-refractivity contribution in [3.05, 3.63) is 97.3 Å². The van der Waals surface area contributed by atoms with Gasteiger partial charge in [-0.3, -0.25) is 19.5 Å². The Bertz CT molecular complexity index is 1200. The first-order valence-electron chi connectivity index (χ1n) is 11.1. The first kappa shape index (κ1) is 24.0. The van der Waals surface area contributed by atoms with E-state index in [1.54, 1.807) is 12.2 Å². The number of nitrogens with one attached hydrogen (secondary N) is 1. The van der Waals surface area contributed by atoms with Crippen LogP contribution in [0.25, 0.3) is 0 Å². The lowest BCUT2D eigenvalue weighted by atomic mass is 10.1. The molecule has 33 heavy (non-hydrogen) atoms. The summed E-state index contributed by atoms with van der Waals surface area (Å²) < 4.78 is 16.0. The molecule has 1 aromatic heterocycles. The molecule has 1 N–H and O–H groups in total. The summed E-state index contributed by atoms with van der Waals surface area (Å²) in [5.74, 6) is -0.263. The van der Waals surface area contributed by atoms with Crippen LogP contribution in [0.5, 0.6) is 0 Å². The number of anilines is 2. The molecule has 1 aliphatic heterocycles. The maximum atomic E-state index is 14.6. The van der Waals surface area contributed by atoms with Gasteiger partial charge in [-0.25, -0.2) is 4.39 Å². The summed E-state index contributed by atoms with van der Waals surface area (Å²) in [7, 11) is 0. The van der Waals surface area contributed by atoms with Crippen molar-refractivity contribution in [1.29, 1.82) is 0 Å². The Morgan fingerprint density at radius 1 is 1.12 bits per heavy atom. The van der Waals surface area contributed by atoms with Crippen LogP contribution in [0.4, 0.5) is 21.6 Å². The standard InChI is InChI=1S/C23H23FN4O3.C2H6/c1-15-8-10-18(24)19(11-9-15)25-20-16(2)23(29)27-13-12-26(22(27)21(20)28(30)31)14-17-6-4-3-5-7-17;1-2/h3-7,9-11,25H,8,12-14H2,1-2H3;1-2H3. The van der Waals surface area contributed by atoms with Gasteiger partial charge in [0.2, 0.25) is 0 Å². The number of hydrogen-bond acceptors (Lipinski definition) is 5. The van der Waals surface area contributed by atoms with E-state index in [4.69, 9.17) is 0 Å². The van der Waals surface area contributed by atoms with Gasteiger partial charge in [-0.1, -0.05) is 55.8 Å². The molecule has 7 nitrogen and oxygen atoms in total. The number of hydrogen-bond donors (Lipinski definition) is 1. The maximum absolute atomic E-state index is 14.6. The van der Waals surface area contributed by atoms with Gasteiger partial charge < -0.3 is 10.2 Å². The van der Waals surface area contributed by atoms with Crippen LogP contribution in [-0.2, 0) is 13.1 Å². The number of fused-ring (bicyclic) bond motifs is 1. The van der Waals surface area contributed by atoms with Crippen molar-refractivity contribution in [2.75, 3.05) is 16.8 Å². The van der Waals surface area contributed by atoms with Crippen LogP contribution in [0.2, 0.25) is 0 Å². The molecule has 2 aliphatic rings. The molecular weight excluding hydrogens is 423 g/mol. The minimum absolute atomic E-state index is 0.0314. The van der Waals surface area contributed by atoms with Crippen molar-refractivity contribution in [1.82, 2.24) is 4.57 Å². The van der Waals surface area contributed by atoms with E-state index in [0.29, 0.717) is 26.1 Å². The van der Waals surface area contributed by atoms with Gasteiger partial charge in [-0.15, -0.1) is 0 Å². The fourth-order valence-corrected chi connectivity index (χ4v) is 3.93. The van der Waals surface area contributed by atoms with Crippen molar-refractivity contribution in [3.8, 4) is 0 Å². The molecule has 4 rings (SSSR count). The number of nitro groups is 1. The number of aromatic nitrogens is 1. The molecule has 0 saturated carbocycles. The van der Waals surface area contributed by atoms with E-state index in [-0.39, 0.29) is 34.0 Å². The van der Waals surface area contributed by atoms with Gasteiger partial charge in [-0.05, 0) is 38.0 Å². The Hall–Kier alpha value is -3.68. The molecule has 0 saturated heterocycles. The third kappa shape index (κ3) is 4.89. The number of rotatable bonds is 5. The second-order valence-electron chi connectivity index (χ2n) is 7.77. The number of halogens is 1. The van der Waals surface area contributed by atoms with E-state index in [9.17, 15) is 19.3 Å². The zero-order chi connectivity index (χ0) is 24.1. The van der Waals surface area contributed by atoms with Crippen molar-refractivity contribution in [2.24, 2.45) is 0 Å². The molecule has 0 amide bonds. The highest BCUT2D eigenvalue weighted by atomic mass is 19.1. The molecular formula is C25H29FN4O3. The predicted molar refractivity (Wildman–Crippen MR) is 130 cm³/mol. The molecule has 2 aromatic rings. The summed E-state index contributed by atoms with van der Waals surface area (Å²) in [6.45, 7) is 8.68. The second kappa shape index (κ2) is 10.3. The Labute approximate surface area is 192 Å². The molecule has 0 fully saturated rings. The zero-order valence-electron chi connectivity index (χ0n) is 19.4. The molecule has 1 aromatic carbocycles. The molecule has 8 heteroatoms. The molecule has 0 spiro atoms. The maximum Gasteiger partial charge on any atom is 0.333 e. The van der Waals surface area contributed by atoms with Gasteiger partial charge in [-0.2, -0.15) is 0 Å². The average Bonchev–Trinajstić information content (AvgIpc) is 3.15. The summed E-state index contributed by atoms with van der Waals surface area (Å²) in [6.07, 6.45) is 5.17. The summed E-state index contributed by atoms with van der Waals surface area (Å²) in [4.78, 5) is 26.5. The molecule has 2 heterocycles.